The monoisotopic (exact) mass is 326 g/mol. The highest BCUT2D eigenvalue weighted by Gasteiger charge is 2.54. The Hall–Kier alpha value is -1.82. The summed E-state index contributed by atoms with van der Waals surface area (Å²) < 4.78 is 41.1. The van der Waals surface area contributed by atoms with Crippen molar-refractivity contribution in [2.75, 3.05) is 0 Å². The van der Waals surface area contributed by atoms with Crippen molar-refractivity contribution >= 4 is 5.57 Å². The molecule has 0 bridgehead atoms. The first-order valence-corrected chi connectivity index (χ1v) is 7.50. The van der Waals surface area contributed by atoms with Crippen LogP contribution in [-0.2, 0) is 5.60 Å². The van der Waals surface area contributed by atoms with Gasteiger partial charge < -0.3 is 9.67 Å². The van der Waals surface area contributed by atoms with E-state index in [1.165, 1.54) is 10.8 Å². The molecule has 2 atom stereocenters. The van der Waals surface area contributed by atoms with E-state index < -0.39 is 11.8 Å². The third-order valence-corrected chi connectivity index (χ3v) is 4.06. The van der Waals surface area contributed by atoms with Gasteiger partial charge in [0.15, 0.2) is 5.82 Å². The van der Waals surface area contributed by atoms with Gasteiger partial charge in [0.25, 0.3) is 0 Å². The molecule has 0 aliphatic carbocycles. The maximum atomic E-state index is 13.2. The summed E-state index contributed by atoms with van der Waals surface area (Å²) >= 11 is 0. The van der Waals surface area contributed by atoms with E-state index in [0.29, 0.717) is 12.1 Å². The molecule has 2 heterocycles. The lowest BCUT2D eigenvalue weighted by atomic mass is 9.93. The summed E-state index contributed by atoms with van der Waals surface area (Å²) in [5, 5.41) is 10.0. The van der Waals surface area contributed by atoms with Crippen LogP contribution in [0.25, 0.3) is 5.57 Å². The SMILES string of the molecule is C/C=C\C1=C(/C=C\C)c2cnc([C@@](C)(O)C(F)(F)F)n2[C@@H](C)C1. The summed E-state index contributed by atoms with van der Waals surface area (Å²) in [6, 6.07) is -0.225. The number of hydrogen-bond donors (Lipinski definition) is 1. The van der Waals surface area contributed by atoms with E-state index in [1.54, 1.807) is 0 Å². The molecule has 1 aromatic heterocycles. The molecular formula is C17H21F3N2O. The van der Waals surface area contributed by atoms with Gasteiger partial charge >= 0.3 is 6.18 Å². The van der Waals surface area contributed by atoms with Gasteiger partial charge in [-0.05, 0) is 39.7 Å². The Morgan fingerprint density at radius 1 is 1.26 bits per heavy atom. The second-order valence-corrected chi connectivity index (χ2v) is 5.90. The van der Waals surface area contributed by atoms with Crippen LogP contribution in [0.1, 0.15) is 51.7 Å². The molecule has 0 amide bonds. The van der Waals surface area contributed by atoms with Crippen molar-refractivity contribution in [2.45, 2.75) is 51.9 Å². The van der Waals surface area contributed by atoms with Crippen LogP contribution in [0, 0.1) is 0 Å². The number of hydrogen-bond acceptors (Lipinski definition) is 2. The predicted octanol–water partition coefficient (Wildman–Crippen LogP) is 4.52. The largest absolute Gasteiger partial charge is 0.424 e. The second kappa shape index (κ2) is 6.00. The molecule has 0 saturated carbocycles. The highest BCUT2D eigenvalue weighted by molar-refractivity contribution is 5.78. The Kier molecular flexibility index (Phi) is 4.57. The minimum absolute atomic E-state index is 0.225. The van der Waals surface area contributed by atoms with E-state index in [9.17, 15) is 18.3 Å². The average molecular weight is 326 g/mol. The number of imidazole rings is 1. The summed E-state index contributed by atoms with van der Waals surface area (Å²) in [5.41, 5.74) is -0.517. The van der Waals surface area contributed by atoms with Gasteiger partial charge in [0.05, 0.1) is 11.9 Å². The van der Waals surface area contributed by atoms with Crippen LogP contribution in [0.15, 0.2) is 36.1 Å². The molecule has 0 unspecified atom stereocenters. The van der Waals surface area contributed by atoms with E-state index in [0.717, 1.165) is 18.1 Å². The molecule has 3 nitrogen and oxygen atoms in total. The summed E-state index contributed by atoms with van der Waals surface area (Å²) in [5.74, 6) is -0.367. The number of halogens is 3. The highest BCUT2D eigenvalue weighted by Crippen LogP contribution is 2.43. The lowest BCUT2D eigenvalue weighted by molar-refractivity contribution is -0.262. The van der Waals surface area contributed by atoms with Crippen LogP contribution in [0.3, 0.4) is 0 Å². The first kappa shape index (κ1) is 17.5. The van der Waals surface area contributed by atoms with E-state index in [2.05, 4.69) is 4.98 Å². The summed E-state index contributed by atoms with van der Waals surface area (Å²) in [4.78, 5) is 3.91. The zero-order chi connectivity index (χ0) is 17.4. The van der Waals surface area contributed by atoms with Crippen molar-refractivity contribution in [1.82, 2.24) is 9.55 Å². The van der Waals surface area contributed by atoms with Crippen molar-refractivity contribution in [3.8, 4) is 0 Å². The van der Waals surface area contributed by atoms with Crippen LogP contribution in [0.5, 0.6) is 0 Å². The fraction of sp³-hybridized carbons (Fsp3) is 0.471. The molecule has 0 spiro atoms. The maximum Gasteiger partial charge on any atom is 0.424 e. The number of fused-ring (bicyclic) bond motifs is 1. The van der Waals surface area contributed by atoms with E-state index in [1.807, 2.05) is 45.1 Å². The number of nitrogens with zero attached hydrogens (tertiary/aromatic N) is 2. The number of aromatic nitrogens is 2. The van der Waals surface area contributed by atoms with Crippen molar-refractivity contribution in [2.24, 2.45) is 0 Å². The van der Waals surface area contributed by atoms with E-state index in [4.69, 9.17) is 0 Å². The molecule has 6 heteroatoms. The number of allylic oxidation sites excluding steroid dienone is 6. The third-order valence-electron chi connectivity index (χ3n) is 4.06. The van der Waals surface area contributed by atoms with Gasteiger partial charge in [0, 0.05) is 11.6 Å². The predicted molar refractivity (Wildman–Crippen MR) is 83.7 cm³/mol. The highest BCUT2D eigenvalue weighted by atomic mass is 19.4. The normalized spacial score (nSPS) is 22.0. The van der Waals surface area contributed by atoms with Gasteiger partial charge in [-0.1, -0.05) is 24.3 Å². The fourth-order valence-electron chi connectivity index (χ4n) is 2.90. The maximum absolute atomic E-state index is 13.2. The lowest BCUT2D eigenvalue weighted by Crippen LogP contribution is -2.42. The van der Waals surface area contributed by atoms with Gasteiger partial charge in [-0.2, -0.15) is 13.2 Å². The smallest absolute Gasteiger partial charge is 0.374 e. The van der Waals surface area contributed by atoms with E-state index >= 15 is 0 Å². The van der Waals surface area contributed by atoms with Crippen LogP contribution in [0.4, 0.5) is 13.2 Å². The molecule has 1 N–H and O–H groups in total. The molecule has 0 aromatic carbocycles. The Morgan fingerprint density at radius 2 is 1.87 bits per heavy atom. The van der Waals surface area contributed by atoms with Crippen molar-refractivity contribution in [1.29, 1.82) is 0 Å². The standard InChI is InChI=1S/C17H21F3N2O/c1-5-7-12-9-11(3)22-14(13(12)8-6-2)10-21-15(22)16(4,23)17(18,19)20/h5-8,10-11,23H,9H2,1-4H3/b7-5-,8-6-/t11-,16+/m0/s1. The third kappa shape index (κ3) is 2.87. The number of alkyl halides is 3. The first-order valence-electron chi connectivity index (χ1n) is 7.50. The Morgan fingerprint density at radius 3 is 2.39 bits per heavy atom. The molecule has 23 heavy (non-hydrogen) atoms. The topological polar surface area (TPSA) is 38.1 Å². The Balaban J connectivity index is 2.69. The van der Waals surface area contributed by atoms with Gasteiger partial charge in [-0.3, -0.25) is 0 Å². The van der Waals surface area contributed by atoms with E-state index in [-0.39, 0.29) is 11.9 Å². The van der Waals surface area contributed by atoms with Crippen molar-refractivity contribution < 1.29 is 18.3 Å². The zero-order valence-corrected chi connectivity index (χ0v) is 13.6. The Bertz CT molecular complexity index is 679. The minimum atomic E-state index is -4.79. The molecule has 1 aromatic rings. The minimum Gasteiger partial charge on any atom is -0.374 e. The van der Waals surface area contributed by atoms with Gasteiger partial charge in [0.1, 0.15) is 0 Å². The Labute approximate surface area is 133 Å². The van der Waals surface area contributed by atoms with Crippen LogP contribution < -0.4 is 0 Å². The second-order valence-electron chi connectivity index (χ2n) is 5.90. The van der Waals surface area contributed by atoms with Crippen LogP contribution >= 0.6 is 0 Å². The fourth-order valence-corrected chi connectivity index (χ4v) is 2.90. The summed E-state index contributed by atoms with van der Waals surface area (Å²) in [7, 11) is 0. The lowest BCUT2D eigenvalue weighted by Gasteiger charge is -2.32. The molecule has 2 rings (SSSR count). The average Bonchev–Trinajstić information content (AvgIpc) is 2.88. The molecule has 0 fully saturated rings. The molecule has 1 aliphatic heterocycles. The van der Waals surface area contributed by atoms with Crippen molar-refractivity contribution in [3.63, 3.8) is 0 Å². The number of rotatable bonds is 3. The van der Waals surface area contributed by atoms with Gasteiger partial charge in [0.2, 0.25) is 5.60 Å². The molecular weight excluding hydrogens is 305 g/mol. The quantitative estimate of drug-likeness (QED) is 0.886. The molecule has 126 valence electrons. The van der Waals surface area contributed by atoms with Crippen LogP contribution in [-0.4, -0.2) is 20.8 Å². The van der Waals surface area contributed by atoms with Gasteiger partial charge in [-0.25, -0.2) is 4.98 Å². The first-order chi connectivity index (χ1) is 10.6. The summed E-state index contributed by atoms with van der Waals surface area (Å²) in [6.07, 6.45) is 4.77. The molecule has 0 radical (unpaired) electrons. The van der Waals surface area contributed by atoms with Gasteiger partial charge in [-0.15, -0.1) is 0 Å². The van der Waals surface area contributed by atoms with Crippen LogP contribution in [0.2, 0.25) is 0 Å². The summed E-state index contributed by atoms with van der Waals surface area (Å²) in [6.45, 7) is 6.33. The number of aliphatic hydroxyl groups is 1. The molecule has 1 aliphatic rings. The zero-order valence-electron chi connectivity index (χ0n) is 13.6. The molecule has 0 saturated heterocycles. The van der Waals surface area contributed by atoms with Crippen molar-refractivity contribution in [3.05, 3.63) is 47.6 Å².